The number of hydrogen-bond donors (Lipinski definition) is 1. The third kappa shape index (κ3) is 10.7. The first-order valence-corrected chi connectivity index (χ1v) is 5.32. The highest BCUT2D eigenvalue weighted by Gasteiger charge is 1.97. The quantitative estimate of drug-likeness (QED) is 0.368. The average molecular weight is 230 g/mol. The van der Waals surface area contributed by atoms with Crippen molar-refractivity contribution in [1.29, 1.82) is 0 Å². The zero-order valence-electron chi connectivity index (χ0n) is 9.48. The number of unbranched alkanes of at least 4 members (excludes halogenated alkanes) is 1. The van der Waals surface area contributed by atoms with E-state index in [2.05, 4.69) is 6.92 Å². The van der Waals surface area contributed by atoms with Gasteiger partial charge in [0, 0.05) is 31.8 Å². The van der Waals surface area contributed by atoms with Crippen LogP contribution in [0.25, 0.3) is 0 Å². The van der Waals surface area contributed by atoms with Gasteiger partial charge in [-0.2, -0.15) is 0 Å². The molecule has 5 heteroatoms. The Kier molecular flexibility index (Phi) is 9.30. The number of carbonyl (C=O) groups is 2. The van der Waals surface area contributed by atoms with Gasteiger partial charge in [0.15, 0.2) is 0 Å². The number of hydrogen-bond acceptors (Lipinski definition) is 4. The third-order valence-corrected chi connectivity index (χ3v) is 1.68. The van der Waals surface area contributed by atoms with Gasteiger partial charge in [0.2, 0.25) is 0 Å². The summed E-state index contributed by atoms with van der Waals surface area (Å²) >= 11 is 0. The van der Waals surface area contributed by atoms with Gasteiger partial charge < -0.3 is 14.6 Å². The van der Waals surface area contributed by atoms with Gasteiger partial charge in [0.25, 0.3) is 0 Å². The molecule has 0 amide bonds. The van der Waals surface area contributed by atoms with Crippen molar-refractivity contribution >= 4 is 11.9 Å². The Morgan fingerprint density at radius 3 is 2.44 bits per heavy atom. The minimum absolute atomic E-state index is 0.245. The number of ether oxygens (including phenoxy) is 2. The Balaban J connectivity index is 3.31. The number of rotatable bonds is 9. The molecule has 92 valence electrons. The number of carboxylic acids is 1. The molecule has 0 bridgehead atoms. The third-order valence-electron chi connectivity index (χ3n) is 1.68. The monoisotopic (exact) mass is 230 g/mol. The molecule has 0 heterocycles. The minimum Gasteiger partial charge on any atom is -0.478 e. The standard InChI is InChI=1S/C11H18O5/c1-2-3-7-15-8-4-9-16-11(14)6-5-10(12)13/h5-6H,2-4,7-9H2,1H3,(H,12,13)/b6-5+. The Labute approximate surface area is 95.0 Å². The fourth-order valence-corrected chi connectivity index (χ4v) is 0.870. The maximum Gasteiger partial charge on any atom is 0.331 e. The lowest BCUT2D eigenvalue weighted by atomic mass is 10.4. The van der Waals surface area contributed by atoms with E-state index in [-0.39, 0.29) is 6.61 Å². The van der Waals surface area contributed by atoms with E-state index in [1.54, 1.807) is 0 Å². The molecule has 5 nitrogen and oxygen atoms in total. The van der Waals surface area contributed by atoms with E-state index >= 15 is 0 Å². The average Bonchev–Trinajstić information content (AvgIpc) is 2.25. The van der Waals surface area contributed by atoms with Gasteiger partial charge in [-0.25, -0.2) is 9.59 Å². The molecule has 16 heavy (non-hydrogen) atoms. The van der Waals surface area contributed by atoms with Gasteiger partial charge in [0.05, 0.1) is 6.61 Å². The topological polar surface area (TPSA) is 72.8 Å². The van der Waals surface area contributed by atoms with Crippen LogP contribution in [0.3, 0.4) is 0 Å². The van der Waals surface area contributed by atoms with Gasteiger partial charge in [0.1, 0.15) is 0 Å². The molecule has 0 aromatic heterocycles. The van der Waals surface area contributed by atoms with Crippen LogP contribution in [0.4, 0.5) is 0 Å². The van der Waals surface area contributed by atoms with Gasteiger partial charge in [-0.15, -0.1) is 0 Å². The molecule has 0 fully saturated rings. The Morgan fingerprint density at radius 1 is 1.12 bits per heavy atom. The second kappa shape index (κ2) is 10.2. The van der Waals surface area contributed by atoms with Crippen LogP contribution < -0.4 is 0 Å². The Hall–Kier alpha value is -1.36. The van der Waals surface area contributed by atoms with E-state index in [0.29, 0.717) is 13.0 Å². The summed E-state index contributed by atoms with van der Waals surface area (Å²) in [6, 6.07) is 0. The van der Waals surface area contributed by atoms with Crippen LogP contribution in [0, 0.1) is 0 Å². The first-order valence-electron chi connectivity index (χ1n) is 5.32. The van der Waals surface area contributed by atoms with Crippen LogP contribution in [-0.4, -0.2) is 36.9 Å². The molecule has 0 aromatic rings. The number of esters is 1. The fraction of sp³-hybridized carbons (Fsp3) is 0.636. The molecule has 0 rings (SSSR count). The van der Waals surface area contributed by atoms with Crippen LogP contribution in [0.1, 0.15) is 26.2 Å². The summed E-state index contributed by atoms with van der Waals surface area (Å²) in [5, 5.41) is 8.24. The van der Waals surface area contributed by atoms with Gasteiger partial charge in [-0.1, -0.05) is 13.3 Å². The normalized spacial score (nSPS) is 10.6. The molecule has 0 atom stereocenters. The van der Waals surface area contributed by atoms with E-state index in [1.807, 2.05) is 0 Å². The van der Waals surface area contributed by atoms with Crippen LogP contribution in [-0.2, 0) is 19.1 Å². The lowest BCUT2D eigenvalue weighted by molar-refractivity contribution is -0.139. The summed E-state index contributed by atoms with van der Waals surface area (Å²) < 4.78 is 9.98. The fourth-order valence-electron chi connectivity index (χ4n) is 0.870. The molecule has 0 saturated carbocycles. The predicted molar refractivity (Wildman–Crippen MR) is 58.1 cm³/mol. The van der Waals surface area contributed by atoms with Crippen molar-refractivity contribution in [3.8, 4) is 0 Å². The molecule has 0 aliphatic heterocycles. The maximum atomic E-state index is 10.9. The molecule has 0 saturated heterocycles. The summed E-state index contributed by atoms with van der Waals surface area (Å²) in [7, 11) is 0. The van der Waals surface area contributed by atoms with Crippen LogP contribution in [0.15, 0.2) is 12.2 Å². The summed E-state index contributed by atoms with van der Waals surface area (Å²) in [4.78, 5) is 20.9. The van der Waals surface area contributed by atoms with Crippen molar-refractivity contribution in [2.75, 3.05) is 19.8 Å². The maximum absolute atomic E-state index is 10.9. The highest BCUT2D eigenvalue weighted by atomic mass is 16.5. The van der Waals surface area contributed by atoms with Crippen molar-refractivity contribution < 1.29 is 24.2 Å². The molecule has 0 unspecified atom stereocenters. The Bertz CT molecular complexity index is 235. The first kappa shape index (κ1) is 14.6. The highest BCUT2D eigenvalue weighted by Crippen LogP contribution is 1.91. The molecule has 1 N–H and O–H groups in total. The zero-order chi connectivity index (χ0) is 12.2. The predicted octanol–water partition coefficient (Wildman–Crippen LogP) is 1.38. The van der Waals surface area contributed by atoms with Crippen molar-refractivity contribution in [3.05, 3.63) is 12.2 Å². The molecular weight excluding hydrogens is 212 g/mol. The van der Waals surface area contributed by atoms with Crippen molar-refractivity contribution in [1.82, 2.24) is 0 Å². The second-order valence-electron chi connectivity index (χ2n) is 3.16. The first-order chi connectivity index (χ1) is 7.66. The van der Waals surface area contributed by atoms with Gasteiger partial charge in [-0.3, -0.25) is 0 Å². The molecule has 0 radical (unpaired) electrons. The minimum atomic E-state index is -1.17. The summed E-state index contributed by atoms with van der Waals surface area (Å²) in [6.45, 7) is 3.61. The number of aliphatic carboxylic acids is 1. The number of carbonyl (C=O) groups excluding carboxylic acids is 1. The van der Waals surface area contributed by atoms with Gasteiger partial charge in [-0.05, 0) is 6.42 Å². The molecule has 0 spiro atoms. The lowest BCUT2D eigenvalue weighted by Crippen LogP contribution is -2.06. The van der Waals surface area contributed by atoms with Crippen molar-refractivity contribution in [3.63, 3.8) is 0 Å². The zero-order valence-corrected chi connectivity index (χ0v) is 9.48. The molecule has 0 aromatic carbocycles. The largest absolute Gasteiger partial charge is 0.478 e. The van der Waals surface area contributed by atoms with E-state index in [4.69, 9.17) is 14.6 Å². The molecular formula is C11H18O5. The molecule has 0 aliphatic rings. The smallest absolute Gasteiger partial charge is 0.331 e. The van der Waals surface area contributed by atoms with Crippen LogP contribution >= 0.6 is 0 Å². The summed E-state index contributed by atoms with van der Waals surface area (Å²) in [5.74, 6) is -1.81. The van der Waals surface area contributed by atoms with E-state index < -0.39 is 11.9 Å². The van der Waals surface area contributed by atoms with E-state index in [1.165, 1.54) is 0 Å². The summed E-state index contributed by atoms with van der Waals surface area (Å²) in [6.07, 6.45) is 4.38. The highest BCUT2D eigenvalue weighted by molar-refractivity contribution is 5.90. The van der Waals surface area contributed by atoms with E-state index in [0.717, 1.165) is 31.6 Å². The van der Waals surface area contributed by atoms with Gasteiger partial charge >= 0.3 is 11.9 Å². The van der Waals surface area contributed by atoms with Crippen LogP contribution in [0.5, 0.6) is 0 Å². The van der Waals surface area contributed by atoms with E-state index in [9.17, 15) is 9.59 Å². The molecule has 0 aliphatic carbocycles. The Morgan fingerprint density at radius 2 is 1.81 bits per heavy atom. The number of carboxylic acid groups (broad SMARTS) is 1. The summed E-state index contributed by atoms with van der Waals surface area (Å²) in [5.41, 5.74) is 0. The lowest BCUT2D eigenvalue weighted by Gasteiger charge is -2.03. The SMILES string of the molecule is CCCCOCCCOC(=O)/C=C/C(=O)O. The van der Waals surface area contributed by atoms with Crippen LogP contribution in [0.2, 0.25) is 0 Å². The second-order valence-corrected chi connectivity index (χ2v) is 3.16. The van der Waals surface area contributed by atoms with Crippen molar-refractivity contribution in [2.24, 2.45) is 0 Å². The van der Waals surface area contributed by atoms with Crippen molar-refractivity contribution in [2.45, 2.75) is 26.2 Å².